The average Bonchev–Trinajstić information content (AvgIpc) is 2.42. The van der Waals surface area contributed by atoms with Gasteiger partial charge in [-0.05, 0) is 0 Å². The van der Waals surface area contributed by atoms with E-state index in [-0.39, 0.29) is 13.2 Å². The molecule has 6 nitrogen and oxygen atoms in total. The number of carboxylic acid groups (broad SMARTS) is 1. The van der Waals surface area contributed by atoms with Crippen LogP contribution in [0.15, 0.2) is 0 Å². The van der Waals surface area contributed by atoms with Crippen molar-refractivity contribution in [1.29, 1.82) is 0 Å². The van der Waals surface area contributed by atoms with Crippen LogP contribution in [-0.2, 0) is 19.1 Å². The normalized spacial score (nSPS) is 27.8. The maximum atomic E-state index is 11.4. The third-order valence-corrected chi connectivity index (χ3v) is 2.18. The van der Waals surface area contributed by atoms with Crippen LogP contribution < -0.4 is 5.32 Å². The van der Waals surface area contributed by atoms with Crippen molar-refractivity contribution in [2.24, 2.45) is 5.41 Å². The third kappa shape index (κ3) is 1.85. The van der Waals surface area contributed by atoms with E-state index in [2.05, 4.69) is 10.1 Å². The molecule has 80 valence electrons. The maximum Gasteiger partial charge on any atom is 0.326 e. The lowest BCUT2D eigenvalue weighted by molar-refractivity contribution is -0.170. The predicted molar refractivity (Wildman–Crippen MR) is 45.8 cm³/mol. The van der Waals surface area contributed by atoms with Crippen molar-refractivity contribution < 1.29 is 24.2 Å². The third-order valence-electron chi connectivity index (χ3n) is 2.18. The summed E-state index contributed by atoms with van der Waals surface area (Å²) in [7, 11) is 1.16. The number of aliphatic carboxylic acids is 1. The fourth-order valence-electron chi connectivity index (χ4n) is 1.29. The van der Waals surface area contributed by atoms with Gasteiger partial charge in [-0.2, -0.15) is 0 Å². The zero-order valence-corrected chi connectivity index (χ0v) is 7.91. The summed E-state index contributed by atoms with van der Waals surface area (Å²) in [4.78, 5) is 22.4. The first kappa shape index (κ1) is 10.9. The molecule has 14 heavy (non-hydrogen) atoms. The minimum Gasteiger partial charge on any atom is -0.480 e. The lowest BCUT2D eigenvalue weighted by Crippen LogP contribution is -2.49. The van der Waals surface area contributed by atoms with Crippen molar-refractivity contribution in [3.8, 4) is 0 Å². The molecule has 0 aromatic carbocycles. The summed E-state index contributed by atoms with van der Waals surface area (Å²) in [5.74, 6) is -2.00. The molecule has 1 rings (SSSR count). The summed E-state index contributed by atoms with van der Waals surface area (Å²) in [6.45, 7) is 0.815. The Labute approximate surface area is 81.2 Å². The van der Waals surface area contributed by atoms with Crippen LogP contribution in [0.5, 0.6) is 0 Å². The van der Waals surface area contributed by atoms with Crippen LogP contribution in [0.25, 0.3) is 0 Å². The van der Waals surface area contributed by atoms with E-state index in [0.717, 1.165) is 7.11 Å². The predicted octanol–water partition coefficient (Wildman–Crippen LogP) is -1.15. The highest BCUT2D eigenvalue weighted by molar-refractivity contribution is 5.99. The van der Waals surface area contributed by atoms with E-state index < -0.39 is 17.4 Å². The molecule has 1 heterocycles. The number of hydrogen-bond acceptors (Lipinski definition) is 5. The Morgan fingerprint density at radius 2 is 2.29 bits per heavy atom. The van der Waals surface area contributed by atoms with Gasteiger partial charge in [-0.25, -0.2) is 0 Å². The minimum atomic E-state index is -1.61. The van der Waals surface area contributed by atoms with E-state index in [1.807, 2.05) is 0 Å². The fourth-order valence-corrected chi connectivity index (χ4v) is 1.29. The smallest absolute Gasteiger partial charge is 0.326 e. The number of carbonyl (C=O) groups excluding carboxylic acids is 1. The number of rotatable bonds is 2. The van der Waals surface area contributed by atoms with Crippen LogP contribution in [0.4, 0.5) is 0 Å². The Bertz CT molecular complexity index is 232. The summed E-state index contributed by atoms with van der Waals surface area (Å²) in [6, 6.07) is 0. The van der Waals surface area contributed by atoms with Gasteiger partial charge in [0.05, 0.1) is 20.3 Å². The van der Waals surface area contributed by atoms with Crippen LogP contribution in [0.1, 0.15) is 0 Å². The molecule has 0 aliphatic carbocycles. The number of carboxylic acids is 1. The lowest BCUT2D eigenvalue weighted by atomic mass is 9.89. The summed E-state index contributed by atoms with van der Waals surface area (Å²) < 4.78 is 9.52. The van der Waals surface area contributed by atoms with Crippen LogP contribution in [0, 0.1) is 5.41 Å². The summed E-state index contributed by atoms with van der Waals surface area (Å²) in [6.07, 6.45) is 0. The van der Waals surface area contributed by atoms with Crippen LogP contribution in [-0.4, -0.2) is 50.5 Å². The van der Waals surface area contributed by atoms with Crippen LogP contribution in [0.3, 0.4) is 0 Å². The molecule has 0 radical (unpaired) electrons. The van der Waals surface area contributed by atoms with Gasteiger partial charge in [-0.15, -0.1) is 0 Å². The second-order valence-electron chi connectivity index (χ2n) is 3.11. The summed E-state index contributed by atoms with van der Waals surface area (Å²) >= 11 is 0. The Morgan fingerprint density at radius 1 is 1.57 bits per heavy atom. The quantitative estimate of drug-likeness (QED) is 0.435. The molecule has 0 amide bonds. The Morgan fingerprint density at radius 3 is 2.86 bits per heavy atom. The van der Waals surface area contributed by atoms with Crippen LogP contribution >= 0.6 is 0 Å². The van der Waals surface area contributed by atoms with E-state index in [9.17, 15) is 9.59 Å². The summed E-state index contributed by atoms with van der Waals surface area (Å²) in [5.41, 5.74) is -1.61. The molecule has 1 unspecified atom stereocenters. The van der Waals surface area contributed by atoms with Gasteiger partial charge in [0.15, 0.2) is 5.41 Å². The second-order valence-corrected chi connectivity index (χ2v) is 3.11. The second kappa shape index (κ2) is 4.39. The van der Waals surface area contributed by atoms with E-state index >= 15 is 0 Å². The number of nitrogens with one attached hydrogen (secondary N) is 1. The van der Waals surface area contributed by atoms with Gasteiger partial charge in [0.2, 0.25) is 0 Å². The van der Waals surface area contributed by atoms with Crippen molar-refractivity contribution in [2.75, 3.05) is 33.4 Å². The minimum absolute atomic E-state index is 0.0367. The van der Waals surface area contributed by atoms with Crippen molar-refractivity contribution in [3.63, 3.8) is 0 Å². The number of ether oxygens (including phenoxy) is 2. The monoisotopic (exact) mass is 203 g/mol. The molecule has 1 saturated heterocycles. The highest BCUT2D eigenvalue weighted by atomic mass is 16.5. The zero-order valence-electron chi connectivity index (χ0n) is 7.91. The van der Waals surface area contributed by atoms with E-state index in [4.69, 9.17) is 9.84 Å². The van der Waals surface area contributed by atoms with E-state index in [1.54, 1.807) is 0 Å². The van der Waals surface area contributed by atoms with Crippen molar-refractivity contribution in [2.45, 2.75) is 0 Å². The van der Waals surface area contributed by atoms with Gasteiger partial charge in [0.1, 0.15) is 0 Å². The first-order valence-electron chi connectivity index (χ1n) is 4.24. The molecule has 0 aromatic heterocycles. The highest BCUT2D eigenvalue weighted by Crippen LogP contribution is 2.20. The Kier molecular flexibility index (Phi) is 3.43. The van der Waals surface area contributed by atoms with E-state index in [1.165, 1.54) is 0 Å². The molecule has 6 heteroatoms. The molecule has 1 aliphatic rings. The zero-order chi connectivity index (χ0) is 10.6. The number of hydrogen-bond donors (Lipinski definition) is 2. The molecule has 0 aromatic rings. The average molecular weight is 203 g/mol. The number of methoxy groups -OCH3 is 1. The van der Waals surface area contributed by atoms with Gasteiger partial charge < -0.3 is 19.9 Å². The summed E-state index contributed by atoms with van der Waals surface area (Å²) in [5, 5.41) is 11.8. The molecule has 1 fully saturated rings. The number of carbonyl (C=O) groups is 2. The maximum absolute atomic E-state index is 11.4. The molecule has 2 N–H and O–H groups in total. The van der Waals surface area contributed by atoms with Crippen molar-refractivity contribution in [1.82, 2.24) is 5.32 Å². The van der Waals surface area contributed by atoms with Crippen LogP contribution in [0.2, 0.25) is 0 Å². The lowest BCUT2D eigenvalue weighted by Gasteiger charge is -2.23. The standard InChI is InChI=1S/C8H13NO5/c1-13-7(12)8(6(10)11)4-9-2-3-14-5-8/h9H,2-5H2,1H3,(H,10,11). The number of esters is 1. The van der Waals surface area contributed by atoms with Gasteiger partial charge in [0, 0.05) is 13.1 Å². The Hall–Kier alpha value is -1.14. The molecule has 1 atom stereocenters. The highest BCUT2D eigenvalue weighted by Gasteiger charge is 2.48. The molecular weight excluding hydrogens is 190 g/mol. The fraction of sp³-hybridized carbons (Fsp3) is 0.750. The SMILES string of the molecule is COC(=O)C1(C(=O)O)CNCCOC1. The first-order chi connectivity index (χ1) is 6.63. The van der Waals surface area contributed by atoms with Gasteiger partial charge in [-0.1, -0.05) is 0 Å². The topological polar surface area (TPSA) is 84.9 Å². The van der Waals surface area contributed by atoms with Gasteiger partial charge >= 0.3 is 11.9 Å². The van der Waals surface area contributed by atoms with E-state index in [0.29, 0.717) is 13.2 Å². The first-order valence-corrected chi connectivity index (χ1v) is 4.24. The molecule has 0 bridgehead atoms. The largest absolute Gasteiger partial charge is 0.480 e. The Balaban J connectivity index is 2.88. The molecular formula is C8H13NO5. The molecule has 1 aliphatic heterocycles. The van der Waals surface area contributed by atoms with Crippen molar-refractivity contribution in [3.05, 3.63) is 0 Å². The van der Waals surface area contributed by atoms with Gasteiger partial charge in [-0.3, -0.25) is 9.59 Å². The molecule has 0 saturated carbocycles. The molecule has 0 spiro atoms. The van der Waals surface area contributed by atoms with Crippen molar-refractivity contribution >= 4 is 11.9 Å². The van der Waals surface area contributed by atoms with Gasteiger partial charge in [0.25, 0.3) is 0 Å².